The molecular formula is C63H40N4O. The van der Waals surface area contributed by atoms with Crippen LogP contribution >= 0.6 is 0 Å². The molecule has 68 heavy (non-hydrogen) atoms. The summed E-state index contributed by atoms with van der Waals surface area (Å²) in [7, 11) is 0. The monoisotopic (exact) mass is 868 g/mol. The largest absolute Gasteiger partial charge is 0.453 e. The lowest BCUT2D eigenvalue weighted by molar-refractivity contribution is 0.671. The van der Waals surface area contributed by atoms with E-state index in [-0.39, 0.29) is 0 Å². The number of aromatic nitrogens is 4. The second-order valence-electron chi connectivity index (χ2n) is 17.2. The summed E-state index contributed by atoms with van der Waals surface area (Å²) < 4.78 is 9.57. The van der Waals surface area contributed by atoms with E-state index < -0.39 is 0 Å². The fraction of sp³-hybridized carbons (Fsp3) is 0. The van der Waals surface area contributed by atoms with Gasteiger partial charge in [-0.05, 0) is 74.8 Å². The molecule has 3 heterocycles. The van der Waals surface area contributed by atoms with E-state index in [0.29, 0.717) is 17.5 Å². The van der Waals surface area contributed by atoms with E-state index in [0.717, 1.165) is 99.5 Å². The van der Waals surface area contributed by atoms with Gasteiger partial charge in [0, 0.05) is 38.4 Å². The molecule has 0 aliphatic heterocycles. The molecule has 5 heteroatoms. The Kier molecular flexibility index (Phi) is 9.43. The maximum Gasteiger partial charge on any atom is 0.167 e. The Morgan fingerprint density at radius 2 is 0.691 bits per heavy atom. The molecule has 0 amide bonds. The van der Waals surface area contributed by atoms with Gasteiger partial charge in [-0.1, -0.05) is 212 Å². The van der Waals surface area contributed by atoms with Gasteiger partial charge in [-0.25, -0.2) is 15.0 Å². The SMILES string of the molecule is c1ccc(-c2ccc(-c3cccc(-n4c5ccccc5c5ccc6c7cccc(-c8nc(-c9ccc(-c%10ccccc%10)cc9)nc(-c9ccc(-c%10ccccc%10)cc9)n8)c7oc6c54)c3)cc2)cc1. The zero-order valence-electron chi connectivity index (χ0n) is 36.8. The van der Waals surface area contributed by atoms with Gasteiger partial charge in [-0.15, -0.1) is 0 Å². The lowest BCUT2D eigenvalue weighted by Crippen LogP contribution is -2.00. The fourth-order valence-electron chi connectivity index (χ4n) is 9.70. The molecule has 13 rings (SSSR count). The average Bonchev–Trinajstić information content (AvgIpc) is 3.98. The number of para-hydroxylation sites is 2. The smallest absolute Gasteiger partial charge is 0.167 e. The number of hydrogen-bond acceptors (Lipinski definition) is 4. The second kappa shape index (κ2) is 16.4. The van der Waals surface area contributed by atoms with Crippen molar-refractivity contribution in [2.24, 2.45) is 0 Å². The lowest BCUT2D eigenvalue weighted by Gasteiger charge is -2.11. The number of rotatable bonds is 8. The zero-order valence-corrected chi connectivity index (χ0v) is 36.8. The minimum atomic E-state index is 0.539. The molecule has 5 nitrogen and oxygen atoms in total. The van der Waals surface area contributed by atoms with Crippen molar-refractivity contribution in [3.05, 3.63) is 243 Å². The summed E-state index contributed by atoms with van der Waals surface area (Å²) in [5.41, 5.74) is 16.5. The summed E-state index contributed by atoms with van der Waals surface area (Å²) in [6.07, 6.45) is 0. The van der Waals surface area contributed by atoms with Crippen LogP contribution in [0.3, 0.4) is 0 Å². The Bertz CT molecular complexity index is 3870. The van der Waals surface area contributed by atoms with Crippen LogP contribution in [-0.2, 0) is 0 Å². The highest BCUT2D eigenvalue weighted by atomic mass is 16.3. The van der Waals surface area contributed by atoms with Crippen molar-refractivity contribution < 1.29 is 4.42 Å². The summed E-state index contributed by atoms with van der Waals surface area (Å²) in [4.78, 5) is 15.6. The molecule has 0 unspecified atom stereocenters. The van der Waals surface area contributed by atoms with Gasteiger partial charge in [0.1, 0.15) is 5.58 Å². The summed E-state index contributed by atoms with van der Waals surface area (Å²) in [6.45, 7) is 0. The van der Waals surface area contributed by atoms with Crippen LogP contribution in [0.5, 0.6) is 0 Å². The molecule has 318 valence electrons. The highest BCUT2D eigenvalue weighted by Crippen LogP contribution is 2.43. The van der Waals surface area contributed by atoms with Crippen LogP contribution < -0.4 is 0 Å². The van der Waals surface area contributed by atoms with Crippen molar-refractivity contribution in [2.45, 2.75) is 0 Å². The van der Waals surface area contributed by atoms with Gasteiger partial charge in [0.05, 0.1) is 16.6 Å². The molecule has 10 aromatic carbocycles. The Labute approximate surface area is 392 Å². The predicted octanol–water partition coefficient (Wildman–Crippen LogP) is 16.5. The molecule has 0 fully saturated rings. The van der Waals surface area contributed by atoms with Gasteiger partial charge in [0.25, 0.3) is 0 Å². The van der Waals surface area contributed by atoms with Gasteiger partial charge in [0.2, 0.25) is 0 Å². The molecule has 0 saturated carbocycles. The van der Waals surface area contributed by atoms with Crippen LogP contribution in [0.25, 0.3) is 128 Å². The van der Waals surface area contributed by atoms with Crippen LogP contribution in [-0.4, -0.2) is 19.5 Å². The van der Waals surface area contributed by atoms with Crippen LogP contribution in [0.1, 0.15) is 0 Å². The molecule has 0 saturated heterocycles. The van der Waals surface area contributed by atoms with E-state index in [9.17, 15) is 0 Å². The predicted molar refractivity (Wildman–Crippen MR) is 279 cm³/mol. The van der Waals surface area contributed by atoms with Crippen molar-refractivity contribution in [3.8, 4) is 84.4 Å². The molecule has 0 atom stereocenters. The maximum atomic E-state index is 7.21. The topological polar surface area (TPSA) is 56.7 Å². The van der Waals surface area contributed by atoms with E-state index in [1.165, 1.54) is 11.1 Å². The molecule has 3 aromatic heterocycles. The van der Waals surface area contributed by atoms with Crippen molar-refractivity contribution in [1.82, 2.24) is 19.5 Å². The van der Waals surface area contributed by atoms with E-state index >= 15 is 0 Å². The van der Waals surface area contributed by atoms with Crippen molar-refractivity contribution >= 4 is 43.7 Å². The molecule has 0 spiro atoms. The number of furan rings is 1. The van der Waals surface area contributed by atoms with Gasteiger partial charge in [-0.2, -0.15) is 0 Å². The second-order valence-corrected chi connectivity index (χ2v) is 17.2. The van der Waals surface area contributed by atoms with E-state index in [1.54, 1.807) is 0 Å². The van der Waals surface area contributed by atoms with Gasteiger partial charge in [-0.3, -0.25) is 0 Å². The average molecular weight is 869 g/mol. The molecule has 0 bridgehead atoms. The van der Waals surface area contributed by atoms with Crippen LogP contribution in [0.4, 0.5) is 0 Å². The molecule has 0 N–H and O–H groups in total. The summed E-state index contributed by atoms with van der Waals surface area (Å²) in [5.74, 6) is 1.71. The normalized spacial score (nSPS) is 11.5. The van der Waals surface area contributed by atoms with Crippen molar-refractivity contribution in [3.63, 3.8) is 0 Å². The summed E-state index contributed by atoms with van der Waals surface area (Å²) in [5, 5.41) is 4.29. The highest BCUT2D eigenvalue weighted by molar-refractivity contribution is 6.22. The van der Waals surface area contributed by atoms with Crippen molar-refractivity contribution in [1.29, 1.82) is 0 Å². The Morgan fingerprint density at radius 3 is 1.26 bits per heavy atom. The van der Waals surface area contributed by atoms with E-state index in [1.807, 2.05) is 12.1 Å². The first-order valence-electron chi connectivity index (χ1n) is 22.9. The minimum Gasteiger partial charge on any atom is -0.453 e. The third kappa shape index (κ3) is 6.84. The first kappa shape index (κ1) is 39.2. The summed E-state index contributed by atoms with van der Waals surface area (Å²) in [6, 6.07) is 85.2. The third-order valence-electron chi connectivity index (χ3n) is 13.1. The van der Waals surface area contributed by atoms with Crippen molar-refractivity contribution in [2.75, 3.05) is 0 Å². The summed E-state index contributed by atoms with van der Waals surface area (Å²) >= 11 is 0. The van der Waals surface area contributed by atoms with Crippen LogP contribution in [0, 0.1) is 0 Å². The first-order valence-corrected chi connectivity index (χ1v) is 22.9. The number of hydrogen-bond donors (Lipinski definition) is 0. The fourth-order valence-corrected chi connectivity index (χ4v) is 9.70. The molecule has 0 radical (unpaired) electrons. The maximum absolute atomic E-state index is 7.21. The van der Waals surface area contributed by atoms with Gasteiger partial charge in [0.15, 0.2) is 23.1 Å². The van der Waals surface area contributed by atoms with E-state index in [4.69, 9.17) is 19.4 Å². The minimum absolute atomic E-state index is 0.539. The van der Waals surface area contributed by atoms with Gasteiger partial charge >= 0.3 is 0 Å². The van der Waals surface area contributed by atoms with Crippen LogP contribution in [0.15, 0.2) is 247 Å². The third-order valence-corrected chi connectivity index (χ3v) is 13.1. The number of benzene rings is 10. The lowest BCUT2D eigenvalue weighted by atomic mass is 10.00. The van der Waals surface area contributed by atoms with Crippen LogP contribution in [0.2, 0.25) is 0 Å². The molecule has 0 aliphatic rings. The zero-order chi connectivity index (χ0) is 45.0. The quantitative estimate of drug-likeness (QED) is 0.153. The molecular weight excluding hydrogens is 829 g/mol. The highest BCUT2D eigenvalue weighted by Gasteiger charge is 2.22. The Balaban J connectivity index is 0.969. The first-order chi connectivity index (χ1) is 33.7. The Hall–Kier alpha value is -9.19. The number of fused-ring (bicyclic) bond motifs is 7. The molecule has 13 aromatic rings. The standard InChI is InChI=1S/C63H40N4O/c1-4-14-41(15-5-1)44-26-28-47(29-27-44)50-20-12-21-51(40-50)67-57-25-11-10-22-52(57)53-38-39-55-54-23-13-24-56(59(54)68-60(55)58(53)67)63-65-61(48-34-30-45(31-35-48)42-16-6-2-7-17-42)64-62(66-63)49-36-32-46(33-37-49)43-18-8-3-9-19-43/h1-40H. The number of nitrogens with zero attached hydrogens (tertiary/aromatic N) is 4. The Morgan fingerprint density at radius 1 is 0.279 bits per heavy atom. The van der Waals surface area contributed by atoms with E-state index in [2.05, 4.69) is 235 Å². The van der Waals surface area contributed by atoms with Gasteiger partial charge < -0.3 is 8.98 Å². The molecule has 0 aliphatic carbocycles.